The van der Waals surface area contributed by atoms with Crippen molar-refractivity contribution in [2.45, 2.75) is 17.1 Å². The lowest BCUT2D eigenvalue weighted by Crippen LogP contribution is -2.43. The van der Waals surface area contributed by atoms with Crippen LogP contribution in [0.15, 0.2) is 39.9 Å². The first-order chi connectivity index (χ1) is 11.9. The standard InChI is InChI=1S/C16H16ClFN2O3S2/c17-13-9-12(5-6-14(13)18)19-16(21)11-3-1-7-20(10-11)25(22,23)15-4-2-8-24-15/h2,4-6,8-9,11H,1,3,7,10H2,(H,19,21)/t11-/m1/s1. The highest BCUT2D eigenvalue weighted by Crippen LogP contribution is 2.27. The summed E-state index contributed by atoms with van der Waals surface area (Å²) >= 11 is 6.87. The number of rotatable bonds is 4. The molecule has 1 aliphatic heterocycles. The Hall–Kier alpha value is -1.48. The van der Waals surface area contributed by atoms with Gasteiger partial charge in [-0.25, -0.2) is 12.8 Å². The summed E-state index contributed by atoms with van der Waals surface area (Å²) in [7, 11) is -3.57. The van der Waals surface area contributed by atoms with Gasteiger partial charge in [0.05, 0.1) is 10.9 Å². The van der Waals surface area contributed by atoms with E-state index in [9.17, 15) is 17.6 Å². The summed E-state index contributed by atoms with van der Waals surface area (Å²) in [5, 5.41) is 4.30. The van der Waals surface area contributed by atoms with Gasteiger partial charge >= 0.3 is 0 Å². The number of nitrogens with one attached hydrogen (secondary N) is 1. The fraction of sp³-hybridized carbons (Fsp3) is 0.312. The molecule has 5 nitrogen and oxygen atoms in total. The molecular formula is C16H16ClFN2O3S2. The molecule has 1 aliphatic rings. The summed E-state index contributed by atoms with van der Waals surface area (Å²) in [5.41, 5.74) is 0.384. The zero-order valence-corrected chi connectivity index (χ0v) is 15.5. The molecule has 1 fully saturated rings. The minimum Gasteiger partial charge on any atom is -0.326 e. The SMILES string of the molecule is O=C(Nc1ccc(F)c(Cl)c1)[C@@H]1CCCN(S(=O)(=O)c2cccs2)C1. The van der Waals surface area contributed by atoms with Gasteiger partial charge in [-0.3, -0.25) is 4.79 Å². The lowest BCUT2D eigenvalue weighted by atomic mass is 9.99. The number of hydrogen-bond donors (Lipinski definition) is 1. The monoisotopic (exact) mass is 402 g/mol. The number of benzene rings is 1. The predicted octanol–water partition coefficient (Wildman–Crippen LogP) is 3.58. The maximum atomic E-state index is 13.2. The first-order valence-corrected chi connectivity index (χ1v) is 10.4. The third-order valence-corrected chi connectivity index (χ3v) is 7.56. The van der Waals surface area contributed by atoms with E-state index in [0.29, 0.717) is 25.1 Å². The quantitative estimate of drug-likeness (QED) is 0.849. The number of anilines is 1. The third kappa shape index (κ3) is 4.03. The molecule has 134 valence electrons. The average molecular weight is 403 g/mol. The number of sulfonamides is 1. The van der Waals surface area contributed by atoms with Gasteiger partial charge < -0.3 is 5.32 Å². The summed E-state index contributed by atoms with van der Waals surface area (Å²) in [6.45, 7) is 0.521. The average Bonchev–Trinajstić information content (AvgIpc) is 3.14. The van der Waals surface area contributed by atoms with Crippen LogP contribution in [0.4, 0.5) is 10.1 Å². The van der Waals surface area contributed by atoms with Crippen molar-refractivity contribution in [2.75, 3.05) is 18.4 Å². The zero-order valence-electron chi connectivity index (χ0n) is 13.1. The van der Waals surface area contributed by atoms with Crippen molar-refractivity contribution in [1.82, 2.24) is 4.31 Å². The Morgan fingerprint density at radius 3 is 2.84 bits per heavy atom. The second kappa shape index (κ2) is 7.41. The van der Waals surface area contributed by atoms with Crippen LogP contribution in [0.5, 0.6) is 0 Å². The summed E-state index contributed by atoms with van der Waals surface area (Å²) < 4.78 is 40.0. The molecule has 0 aliphatic carbocycles. The number of carbonyl (C=O) groups excluding carboxylic acids is 1. The molecule has 1 amide bonds. The van der Waals surface area contributed by atoms with Gasteiger partial charge in [0.1, 0.15) is 10.0 Å². The highest BCUT2D eigenvalue weighted by atomic mass is 35.5. The molecule has 2 heterocycles. The Labute approximate surface area is 154 Å². The lowest BCUT2D eigenvalue weighted by molar-refractivity contribution is -0.120. The van der Waals surface area contributed by atoms with E-state index in [2.05, 4.69) is 5.32 Å². The Kier molecular flexibility index (Phi) is 5.43. The molecule has 9 heteroatoms. The maximum absolute atomic E-state index is 13.2. The van der Waals surface area contributed by atoms with Gasteiger partial charge in [0.25, 0.3) is 10.0 Å². The van der Waals surface area contributed by atoms with Crippen LogP contribution < -0.4 is 5.32 Å². The largest absolute Gasteiger partial charge is 0.326 e. The molecule has 3 rings (SSSR count). The van der Waals surface area contributed by atoms with Crippen LogP contribution in [-0.2, 0) is 14.8 Å². The summed E-state index contributed by atoms with van der Waals surface area (Å²) in [5.74, 6) is -1.33. The molecule has 0 bridgehead atoms. The molecule has 0 unspecified atom stereocenters. The predicted molar refractivity (Wildman–Crippen MR) is 95.8 cm³/mol. The molecule has 1 aromatic carbocycles. The van der Waals surface area contributed by atoms with Crippen LogP contribution in [0.25, 0.3) is 0 Å². The molecule has 0 spiro atoms. The number of hydrogen-bond acceptors (Lipinski definition) is 4. The van der Waals surface area contributed by atoms with Crippen molar-refractivity contribution < 1.29 is 17.6 Å². The van der Waals surface area contributed by atoms with Crippen molar-refractivity contribution >= 4 is 44.6 Å². The number of halogens is 2. The van der Waals surface area contributed by atoms with Gasteiger partial charge in [-0.2, -0.15) is 4.31 Å². The van der Waals surface area contributed by atoms with Gasteiger partial charge in [0.2, 0.25) is 5.91 Å². The maximum Gasteiger partial charge on any atom is 0.252 e. The van der Waals surface area contributed by atoms with E-state index in [-0.39, 0.29) is 21.7 Å². The highest BCUT2D eigenvalue weighted by molar-refractivity contribution is 7.91. The van der Waals surface area contributed by atoms with Crippen molar-refractivity contribution in [1.29, 1.82) is 0 Å². The molecular weight excluding hydrogens is 387 g/mol. The second-order valence-electron chi connectivity index (χ2n) is 5.75. The fourth-order valence-electron chi connectivity index (χ4n) is 2.73. The van der Waals surface area contributed by atoms with E-state index in [1.54, 1.807) is 17.5 Å². The molecule has 2 aromatic rings. The number of nitrogens with zero attached hydrogens (tertiary/aromatic N) is 1. The van der Waals surface area contributed by atoms with Crippen LogP contribution in [0.3, 0.4) is 0 Å². The Bertz CT molecular complexity index is 872. The Morgan fingerprint density at radius 2 is 2.16 bits per heavy atom. The molecule has 1 N–H and O–H groups in total. The van der Waals surface area contributed by atoms with E-state index >= 15 is 0 Å². The van der Waals surface area contributed by atoms with E-state index in [1.807, 2.05) is 0 Å². The zero-order chi connectivity index (χ0) is 18.0. The number of piperidine rings is 1. The van der Waals surface area contributed by atoms with Crippen LogP contribution in [0, 0.1) is 11.7 Å². The van der Waals surface area contributed by atoms with Crippen molar-refractivity contribution in [3.05, 3.63) is 46.6 Å². The van der Waals surface area contributed by atoms with Crippen LogP contribution in [0.1, 0.15) is 12.8 Å². The normalized spacial score (nSPS) is 18.9. The van der Waals surface area contributed by atoms with E-state index < -0.39 is 21.8 Å². The topological polar surface area (TPSA) is 66.5 Å². The van der Waals surface area contributed by atoms with Gasteiger partial charge in [-0.05, 0) is 42.5 Å². The van der Waals surface area contributed by atoms with Crippen molar-refractivity contribution in [3.8, 4) is 0 Å². The molecule has 0 saturated carbocycles. The minimum atomic E-state index is -3.57. The van der Waals surface area contributed by atoms with E-state index in [1.165, 1.54) is 22.5 Å². The van der Waals surface area contributed by atoms with Gasteiger partial charge in [0.15, 0.2) is 0 Å². The molecule has 25 heavy (non-hydrogen) atoms. The Balaban J connectivity index is 1.70. The smallest absolute Gasteiger partial charge is 0.252 e. The second-order valence-corrected chi connectivity index (χ2v) is 9.27. The molecule has 1 aromatic heterocycles. The fourth-order valence-corrected chi connectivity index (χ4v) is 5.58. The summed E-state index contributed by atoms with van der Waals surface area (Å²) in [6.07, 6.45) is 1.20. The number of carbonyl (C=O) groups is 1. The van der Waals surface area contributed by atoms with E-state index in [0.717, 1.165) is 11.3 Å². The highest BCUT2D eigenvalue weighted by Gasteiger charge is 2.33. The van der Waals surface area contributed by atoms with Gasteiger partial charge in [-0.15, -0.1) is 11.3 Å². The third-order valence-electron chi connectivity index (χ3n) is 4.03. The van der Waals surface area contributed by atoms with Crippen LogP contribution >= 0.6 is 22.9 Å². The first-order valence-electron chi connectivity index (χ1n) is 7.67. The van der Waals surface area contributed by atoms with Gasteiger partial charge in [0, 0.05) is 18.8 Å². The minimum absolute atomic E-state index is 0.0802. The van der Waals surface area contributed by atoms with Crippen molar-refractivity contribution in [3.63, 3.8) is 0 Å². The first kappa shape index (κ1) is 18.3. The molecule has 1 atom stereocenters. The summed E-state index contributed by atoms with van der Waals surface area (Å²) in [6, 6.07) is 7.17. The van der Waals surface area contributed by atoms with Crippen LogP contribution in [-0.4, -0.2) is 31.7 Å². The lowest BCUT2D eigenvalue weighted by Gasteiger charge is -2.30. The van der Waals surface area contributed by atoms with Crippen LogP contribution in [0.2, 0.25) is 5.02 Å². The number of thiophene rings is 1. The van der Waals surface area contributed by atoms with Crippen molar-refractivity contribution in [2.24, 2.45) is 5.92 Å². The summed E-state index contributed by atoms with van der Waals surface area (Å²) in [4.78, 5) is 12.5. The molecule has 1 saturated heterocycles. The number of amides is 1. The van der Waals surface area contributed by atoms with Gasteiger partial charge in [-0.1, -0.05) is 17.7 Å². The van der Waals surface area contributed by atoms with E-state index in [4.69, 9.17) is 11.6 Å². The molecule has 0 radical (unpaired) electrons. The Morgan fingerprint density at radius 1 is 1.36 bits per heavy atom.